The zero-order chi connectivity index (χ0) is 28.9. The SMILES string of the molecule is Cc1ccccc1NC(=O)C1CN(C(=O)c2cc(NC3CCN(c4ccccc4C#N)CC3)c(C)cc2C)CCN1. The number of nitriles is 1. The van der Waals surface area contributed by atoms with Crippen LogP contribution in [-0.2, 0) is 4.79 Å². The second-order valence-corrected chi connectivity index (χ2v) is 11.1. The van der Waals surface area contributed by atoms with Gasteiger partial charge in [0, 0.05) is 55.7 Å². The largest absolute Gasteiger partial charge is 0.382 e. The Morgan fingerprint density at radius 3 is 2.39 bits per heavy atom. The monoisotopic (exact) mass is 550 g/mol. The molecular formula is C33H38N6O2. The van der Waals surface area contributed by atoms with Gasteiger partial charge in [0.25, 0.3) is 5.91 Å². The van der Waals surface area contributed by atoms with Crippen LogP contribution in [0.3, 0.4) is 0 Å². The molecule has 0 aromatic heterocycles. The molecule has 2 saturated heterocycles. The normalized spacial score (nSPS) is 17.6. The molecule has 3 N–H and O–H groups in total. The number of piperidine rings is 1. The fraction of sp³-hybridized carbons (Fsp3) is 0.364. The van der Waals surface area contributed by atoms with Crippen LogP contribution >= 0.6 is 0 Å². The molecule has 0 bridgehead atoms. The van der Waals surface area contributed by atoms with Crippen molar-refractivity contribution in [3.63, 3.8) is 0 Å². The van der Waals surface area contributed by atoms with Crippen molar-refractivity contribution >= 4 is 28.9 Å². The third kappa shape index (κ3) is 6.36. The summed E-state index contributed by atoms with van der Waals surface area (Å²) in [5, 5.41) is 19.4. The van der Waals surface area contributed by atoms with E-state index in [-0.39, 0.29) is 17.9 Å². The Bertz CT molecular complexity index is 1470. The van der Waals surface area contributed by atoms with Gasteiger partial charge >= 0.3 is 0 Å². The lowest BCUT2D eigenvalue weighted by atomic mass is 9.99. The Morgan fingerprint density at radius 2 is 1.63 bits per heavy atom. The van der Waals surface area contributed by atoms with Crippen molar-refractivity contribution < 1.29 is 9.59 Å². The number of aryl methyl sites for hydroxylation is 3. The van der Waals surface area contributed by atoms with Crippen molar-refractivity contribution in [2.45, 2.75) is 45.7 Å². The molecule has 0 aliphatic carbocycles. The first kappa shape index (κ1) is 28.2. The van der Waals surface area contributed by atoms with Crippen LogP contribution in [0.4, 0.5) is 17.1 Å². The Balaban J connectivity index is 1.23. The summed E-state index contributed by atoms with van der Waals surface area (Å²) >= 11 is 0. The van der Waals surface area contributed by atoms with Crippen molar-refractivity contribution in [2.24, 2.45) is 0 Å². The molecule has 0 saturated carbocycles. The highest BCUT2D eigenvalue weighted by atomic mass is 16.2. The number of nitrogens with one attached hydrogen (secondary N) is 3. The molecule has 2 heterocycles. The zero-order valence-electron chi connectivity index (χ0n) is 24.0. The fourth-order valence-corrected chi connectivity index (χ4v) is 5.78. The number of anilines is 3. The number of hydrogen-bond donors (Lipinski definition) is 3. The Morgan fingerprint density at radius 1 is 0.902 bits per heavy atom. The summed E-state index contributed by atoms with van der Waals surface area (Å²) in [6.45, 7) is 9.14. The van der Waals surface area contributed by atoms with E-state index in [1.54, 1.807) is 4.90 Å². The van der Waals surface area contributed by atoms with Crippen LogP contribution in [0.5, 0.6) is 0 Å². The van der Waals surface area contributed by atoms with Gasteiger partial charge in [-0.15, -0.1) is 0 Å². The van der Waals surface area contributed by atoms with Crippen molar-refractivity contribution in [3.8, 4) is 6.07 Å². The molecule has 3 aromatic carbocycles. The second kappa shape index (κ2) is 12.4. The molecule has 1 unspecified atom stereocenters. The van der Waals surface area contributed by atoms with Gasteiger partial charge in [-0.3, -0.25) is 9.59 Å². The molecule has 0 spiro atoms. The second-order valence-electron chi connectivity index (χ2n) is 11.1. The Kier molecular flexibility index (Phi) is 8.55. The molecule has 41 heavy (non-hydrogen) atoms. The topological polar surface area (TPSA) is 100 Å². The molecule has 2 aliphatic rings. The number of carbonyl (C=O) groups is 2. The predicted molar refractivity (Wildman–Crippen MR) is 163 cm³/mol. The minimum absolute atomic E-state index is 0.0522. The van der Waals surface area contributed by atoms with Crippen LogP contribution in [-0.4, -0.2) is 61.5 Å². The number of benzene rings is 3. The highest BCUT2D eigenvalue weighted by molar-refractivity contribution is 5.99. The number of carbonyl (C=O) groups excluding carboxylic acids is 2. The maximum Gasteiger partial charge on any atom is 0.254 e. The first-order chi connectivity index (χ1) is 19.8. The third-order valence-corrected chi connectivity index (χ3v) is 8.20. The predicted octanol–water partition coefficient (Wildman–Crippen LogP) is 4.62. The highest BCUT2D eigenvalue weighted by Gasteiger charge is 2.30. The average molecular weight is 551 g/mol. The smallest absolute Gasteiger partial charge is 0.254 e. The van der Waals surface area contributed by atoms with E-state index in [0.717, 1.165) is 59.7 Å². The minimum Gasteiger partial charge on any atom is -0.382 e. The molecule has 5 rings (SSSR count). The number of amides is 2. The van der Waals surface area contributed by atoms with Gasteiger partial charge in [0.2, 0.25) is 5.91 Å². The molecule has 212 valence electrons. The quantitative estimate of drug-likeness (QED) is 0.414. The number of para-hydroxylation sites is 2. The molecule has 8 heteroatoms. The molecule has 3 aromatic rings. The van der Waals surface area contributed by atoms with E-state index in [0.29, 0.717) is 30.8 Å². The lowest BCUT2D eigenvalue weighted by molar-refractivity contribution is -0.118. The number of hydrogen-bond acceptors (Lipinski definition) is 6. The number of rotatable bonds is 6. The van der Waals surface area contributed by atoms with E-state index in [2.05, 4.69) is 39.9 Å². The molecule has 2 fully saturated rings. The summed E-state index contributed by atoms with van der Waals surface area (Å²) in [5.41, 5.74) is 7.16. The number of nitrogens with zero attached hydrogens (tertiary/aromatic N) is 3. The van der Waals surface area contributed by atoms with Crippen molar-refractivity contribution in [1.82, 2.24) is 10.2 Å². The molecule has 0 radical (unpaired) electrons. The molecular weight excluding hydrogens is 512 g/mol. The van der Waals surface area contributed by atoms with Gasteiger partial charge < -0.3 is 25.8 Å². The van der Waals surface area contributed by atoms with E-state index in [4.69, 9.17) is 0 Å². The van der Waals surface area contributed by atoms with Crippen molar-refractivity contribution in [2.75, 3.05) is 48.3 Å². The summed E-state index contributed by atoms with van der Waals surface area (Å²) in [4.78, 5) is 30.8. The van der Waals surface area contributed by atoms with Gasteiger partial charge in [-0.25, -0.2) is 0 Å². The summed E-state index contributed by atoms with van der Waals surface area (Å²) < 4.78 is 0. The minimum atomic E-state index is -0.480. The third-order valence-electron chi connectivity index (χ3n) is 8.20. The Hall–Kier alpha value is -4.35. The van der Waals surface area contributed by atoms with Gasteiger partial charge in [0.05, 0.1) is 11.3 Å². The molecule has 1 atom stereocenters. The van der Waals surface area contributed by atoms with Gasteiger partial charge in [0.15, 0.2) is 0 Å². The van der Waals surface area contributed by atoms with E-state index in [1.165, 1.54) is 0 Å². The summed E-state index contributed by atoms with van der Waals surface area (Å²) in [6, 6.07) is 21.6. The van der Waals surface area contributed by atoms with Crippen LogP contribution in [0, 0.1) is 32.1 Å². The summed E-state index contributed by atoms with van der Waals surface area (Å²) in [6.07, 6.45) is 1.87. The first-order valence-corrected chi connectivity index (χ1v) is 14.3. The van der Waals surface area contributed by atoms with E-state index in [1.807, 2.05) is 68.4 Å². The zero-order valence-corrected chi connectivity index (χ0v) is 24.0. The molecule has 2 aliphatic heterocycles. The lowest BCUT2D eigenvalue weighted by Gasteiger charge is -2.35. The van der Waals surface area contributed by atoms with Gasteiger partial charge in [-0.1, -0.05) is 36.4 Å². The molecule has 8 nitrogen and oxygen atoms in total. The van der Waals surface area contributed by atoms with Crippen LogP contribution < -0.4 is 20.9 Å². The van der Waals surface area contributed by atoms with Crippen LogP contribution in [0.2, 0.25) is 0 Å². The summed E-state index contributed by atoms with van der Waals surface area (Å²) in [7, 11) is 0. The van der Waals surface area contributed by atoms with Crippen molar-refractivity contribution in [1.29, 1.82) is 5.26 Å². The lowest BCUT2D eigenvalue weighted by Crippen LogP contribution is -2.57. The van der Waals surface area contributed by atoms with Crippen LogP contribution in [0.25, 0.3) is 0 Å². The maximum absolute atomic E-state index is 13.7. The van der Waals surface area contributed by atoms with Gasteiger partial charge in [-0.2, -0.15) is 5.26 Å². The van der Waals surface area contributed by atoms with Crippen LogP contribution in [0.1, 0.15) is 45.5 Å². The standard InChI is InChI=1S/C33H38N6O2/c1-22-8-4-6-10-28(22)37-32(40)30-21-39(17-14-35-30)33(41)27-19-29(24(3)18-23(27)2)36-26-12-15-38(16-13-26)31-11-7-5-9-25(31)20-34/h4-11,18-19,26,30,35-36H,12-17,21H2,1-3H3,(H,37,40). The van der Waals surface area contributed by atoms with E-state index in [9.17, 15) is 14.9 Å². The summed E-state index contributed by atoms with van der Waals surface area (Å²) in [5.74, 6) is -0.188. The maximum atomic E-state index is 13.7. The average Bonchev–Trinajstić information content (AvgIpc) is 2.99. The van der Waals surface area contributed by atoms with E-state index >= 15 is 0 Å². The van der Waals surface area contributed by atoms with E-state index < -0.39 is 6.04 Å². The highest BCUT2D eigenvalue weighted by Crippen LogP contribution is 2.28. The van der Waals surface area contributed by atoms with Crippen molar-refractivity contribution in [3.05, 3.63) is 88.5 Å². The Labute approximate surface area is 242 Å². The van der Waals surface area contributed by atoms with Gasteiger partial charge in [0.1, 0.15) is 12.1 Å². The fourth-order valence-electron chi connectivity index (χ4n) is 5.78. The van der Waals surface area contributed by atoms with Crippen LogP contribution in [0.15, 0.2) is 60.7 Å². The molecule has 2 amide bonds. The van der Waals surface area contributed by atoms with Gasteiger partial charge in [-0.05, 0) is 74.6 Å². The number of piperazine rings is 1. The first-order valence-electron chi connectivity index (χ1n) is 14.3.